The zero-order valence-electron chi connectivity index (χ0n) is 9.58. The van der Waals surface area contributed by atoms with E-state index in [9.17, 15) is 14.0 Å². The maximum absolute atomic E-state index is 13.3. The highest BCUT2D eigenvalue weighted by Gasteiger charge is 2.11. The van der Waals surface area contributed by atoms with Crippen LogP contribution in [0, 0.1) is 5.82 Å². The molecule has 0 fully saturated rings. The van der Waals surface area contributed by atoms with Gasteiger partial charge in [0.05, 0.1) is 5.56 Å². The lowest BCUT2D eigenvalue weighted by Gasteiger charge is -2.06. The van der Waals surface area contributed by atoms with Gasteiger partial charge in [-0.3, -0.25) is 9.59 Å². The van der Waals surface area contributed by atoms with Crippen LogP contribution in [0.3, 0.4) is 0 Å². The number of halogens is 2. The van der Waals surface area contributed by atoms with Gasteiger partial charge in [0, 0.05) is 18.0 Å². The molecular formula is C12H13ClFNO3. The SMILES string of the molecule is O=C(O)CCCCNC(=O)c1cc(Cl)ccc1F. The first-order valence-electron chi connectivity index (χ1n) is 5.45. The van der Waals surface area contributed by atoms with Crippen LogP contribution in [-0.4, -0.2) is 23.5 Å². The number of unbranched alkanes of at least 4 members (excludes halogenated alkanes) is 1. The molecule has 0 heterocycles. The second kappa shape index (κ2) is 6.96. The van der Waals surface area contributed by atoms with Crippen molar-refractivity contribution in [1.29, 1.82) is 0 Å². The quantitative estimate of drug-likeness (QED) is 0.783. The number of hydrogen-bond acceptors (Lipinski definition) is 2. The van der Waals surface area contributed by atoms with Crippen molar-refractivity contribution in [2.45, 2.75) is 19.3 Å². The average molecular weight is 274 g/mol. The number of nitrogens with one attached hydrogen (secondary N) is 1. The Hall–Kier alpha value is -1.62. The van der Waals surface area contributed by atoms with Crippen LogP contribution in [0.5, 0.6) is 0 Å². The first kappa shape index (κ1) is 14.4. The highest BCUT2D eigenvalue weighted by molar-refractivity contribution is 6.30. The molecule has 0 aliphatic rings. The summed E-state index contributed by atoms with van der Waals surface area (Å²) >= 11 is 5.67. The number of hydrogen-bond donors (Lipinski definition) is 2. The van der Waals surface area contributed by atoms with Gasteiger partial charge < -0.3 is 10.4 Å². The molecule has 0 saturated carbocycles. The summed E-state index contributed by atoms with van der Waals surface area (Å²) in [5, 5.41) is 11.2. The lowest BCUT2D eigenvalue weighted by atomic mass is 10.2. The first-order chi connectivity index (χ1) is 8.50. The molecule has 1 aromatic carbocycles. The predicted molar refractivity (Wildman–Crippen MR) is 65.2 cm³/mol. The zero-order chi connectivity index (χ0) is 13.5. The summed E-state index contributed by atoms with van der Waals surface area (Å²) in [6, 6.07) is 3.74. The average Bonchev–Trinajstić information content (AvgIpc) is 2.31. The molecule has 98 valence electrons. The minimum absolute atomic E-state index is 0.0569. The molecular weight excluding hydrogens is 261 g/mol. The van der Waals surface area contributed by atoms with Crippen molar-refractivity contribution in [3.8, 4) is 0 Å². The number of carboxylic acids is 1. The van der Waals surface area contributed by atoms with E-state index < -0.39 is 17.7 Å². The van der Waals surface area contributed by atoms with Gasteiger partial charge in [-0.1, -0.05) is 11.6 Å². The molecule has 2 N–H and O–H groups in total. The fourth-order valence-corrected chi connectivity index (χ4v) is 1.54. The van der Waals surface area contributed by atoms with Crippen molar-refractivity contribution >= 4 is 23.5 Å². The standard InChI is InChI=1S/C12H13ClFNO3/c13-8-4-5-10(14)9(7-8)12(18)15-6-2-1-3-11(16)17/h4-5,7H,1-3,6H2,(H,15,18)(H,16,17). The molecule has 0 spiro atoms. The highest BCUT2D eigenvalue weighted by Crippen LogP contribution is 2.14. The molecule has 0 bridgehead atoms. The molecule has 18 heavy (non-hydrogen) atoms. The normalized spacial score (nSPS) is 10.1. The lowest BCUT2D eigenvalue weighted by Crippen LogP contribution is -2.25. The van der Waals surface area contributed by atoms with E-state index in [1.54, 1.807) is 0 Å². The number of amides is 1. The second-order valence-corrected chi connectivity index (χ2v) is 4.17. The molecule has 1 amide bonds. The van der Waals surface area contributed by atoms with Crippen LogP contribution in [-0.2, 0) is 4.79 Å². The van der Waals surface area contributed by atoms with E-state index in [1.165, 1.54) is 12.1 Å². The van der Waals surface area contributed by atoms with Gasteiger partial charge in [-0.15, -0.1) is 0 Å². The molecule has 0 aliphatic carbocycles. The van der Waals surface area contributed by atoms with E-state index in [1.807, 2.05) is 0 Å². The van der Waals surface area contributed by atoms with Gasteiger partial charge in [0.25, 0.3) is 5.91 Å². The van der Waals surface area contributed by atoms with Crippen molar-refractivity contribution in [3.63, 3.8) is 0 Å². The summed E-state index contributed by atoms with van der Waals surface area (Å²) in [6.45, 7) is 0.304. The molecule has 6 heteroatoms. The Morgan fingerprint density at radius 3 is 2.72 bits per heavy atom. The van der Waals surface area contributed by atoms with Gasteiger partial charge in [-0.25, -0.2) is 4.39 Å². The van der Waals surface area contributed by atoms with Crippen LogP contribution < -0.4 is 5.32 Å². The van der Waals surface area contributed by atoms with Crippen molar-refractivity contribution < 1.29 is 19.1 Å². The number of benzene rings is 1. The highest BCUT2D eigenvalue weighted by atomic mass is 35.5. The molecule has 0 unspecified atom stereocenters. The third kappa shape index (κ3) is 4.71. The monoisotopic (exact) mass is 273 g/mol. The molecule has 0 saturated heterocycles. The summed E-state index contributed by atoms with van der Waals surface area (Å²) in [5.41, 5.74) is -0.110. The van der Waals surface area contributed by atoms with Gasteiger partial charge in [-0.05, 0) is 31.0 Å². The molecule has 0 aromatic heterocycles. The number of carboxylic acid groups (broad SMARTS) is 1. The van der Waals surface area contributed by atoms with Crippen molar-refractivity contribution in [3.05, 3.63) is 34.6 Å². The number of rotatable bonds is 6. The smallest absolute Gasteiger partial charge is 0.303 e. The van der Waals surface area contributed by atoms with Crippen LogP contribution in [0.2, 0.25) is 5.02 Å². The van der Waals surface area contributed by atoms with Crippen LogP contribution >= 0.6 is 11.6 Å². The third-order valence-electron chi connectivity index (χ3n) is 2.28. The van der Waals surface area contributed by atoms with E-state index in [0.29, 0.717) is 19.4 Å². The molecule has 0 aliphatic heterocycles. The Balaban J connectivity index is 2.41. The molecule has 1 aromatic rings. The summed E-state index contributed by atoms with van der Waals surface area (Å²) in [4.78, 5) is 21.8. The zero-order valence-corrected chi connectivity index (χ0v) is 10.3. The fraction of sp³-hybridized carbons (Fsp3) is 0.333. The molecule has 1 rings (SSSR count). The van der Waals surface area contributed by atoms with Crippen molar-refractivity contribution in [2.75, 3.05) is 6.54 Å². The number of aliphatic carboxylic acids is 1. The van der Waals surface area contributed by atoms with Gasteiger partial charge in [0.2, 0.25) is 0 Å². The minimum atomic E-state index is -0.873. The summed E-state index contributed by atoms with van der Waals surface area (Å²) in [6.07, 6.45) is 1.05. The summed E-state index contributed by atoms with van der Waals surface area (Å²) < 4.78 is 13.3. The summed E-state index contributed by atoms with van der Waals surface area (Å²) in [5.74, 6) is -2.06. The van der Waals surface area contributed by atoms with Gasteiger partial charge in [0.1, 0.15) is 5.82 Å². The van der Waals surface area contributed by atoms with Crippen molar-refractivity contribution in [2.24, 2.45) is 0 Å². The van der Waals surface area contributed by atoms with Crippen molar-refractivity contribution in [1.82, 2.24) is 5.32 Å². The Morgan fingerprint density at radius 2 is 2.06 bits per heavy atom. The van der Waals surface area contributed by atoms with E-state index in [4.69, 9.17) is 16.7 Å². The number of carbonyl (C=O) groups is 2. The van der Waals surface area contributed by atoms with Crippen LogP contribution in [0.25, 0.3) is 0 Å². The second-order valence-electron chi connectivity index (χ2n) is 3.73. The largest absolute Gasteiger partial charge is 0.481 e. The fourth-order valence-electron chi connectivity index (χ4n) is 1.37. The lowest BCUT2D eigenvalue weighted by molar-refractivity contribution is -0.137. The molecule has 0 atom stereocenters. The van der Waals surface area contributed by atoms with E-state index in [2.05, 4.69) is 5.32 Å². The third-order valence-corrected chi connectivity index (χ3v) is 2.51. The predicted octanol–water partition coefficient (Wildman–Crippen LogP) is 2.46. The Kier molecular flexibility index (Phi) is 5.58. The maximum Gasteiger partial charge on any atom is 0.303 e. The van der Waals surface area contributed by atoms with Crippen LogP contribution in [0.4, 0.5) is 4.39 Å². The van der Waals surface area contributed by atoms with Gasteiger partial charge in [-0.2, -0.15) is 0 Å². The summed E-state index contributed by atoms with van der Waals surface area (Å²) in [7, 11) is 0. The Labute approximate surface area is 109 Å². The van der Waals surface area contributed by atoms with Crippen LogP contribution in [0.15, 0.2) is 18.2 Å². The van der Waals surface area contributed by atoms with Gasteiger partial charge >= 0.3 is 5.97 Å². The van der Waals surface area contributed by atoms with E-state index in [0.717, 1.165) is 6.07 Å². The van der Waals surface area contributed by atoms with E-state index in [-0.39, 0.29) is 17.0 Å². The van der Waals surface area contributed by atoms with Crippen LogP contribution in [0.1, 0.15) is 29.6 Å². The molecule has 4 nitrogen and oxygen atoms in total. The van der Waals surface area contributed by atoms with E-state index >= 15 is 0 Å². The van der Waals surface area contributed by atoms with Gasteiger partial charge in [0.15, 0.2) is 0 Å². The maximum atomic E-state index is 13.3. The molecule has 0 radical (unpaired) electrons. The Bertz CT molecular complexity index is 451. The number of carbonyl (C=O) groups excluding carboxylic acids is 1. The minimum Gasteiger partial charge on any atom is -0.481 e. The Morgan fingerprint density at radius 1 is 1.33 bits per heavy atom. The topological polar surface area (TPSA) is 66.4 Å². The first-order valence-corrected chi connectivity index (χ1v) is 5.83.